The number of hydrogen-bond donors (Lipinski definition) is 0. The Bertz CT molecular complexity index is 617. The quantitative estimate of drug-likeness (QED) is 0.426. The fraction of sp³-hybridized carbons (Fsp3) is 0.720. The third-order valence-corrected chi connectivity index (χ3v) is 10.1. The highest BCUT2D eigenvalue weighted by molar-refractivity contribution is 8.16. The van der Waals surface area contributed by atoms with Crippen molar-refractivity contribution in [2.24, 2.45) is 11.3 Å². The maximum Gasteiger partial charge on any atom is 0.0751 e. The van der Waals surface area contributed by atoms with Gasteiger partial charge in [-0.25, -0.2) is 0 Å². The summed E-state index contributed by atoms with van der Waals surface area (Å²) < 4.78 is 0.624. The molecular weight excluding hydrogens is 378 g/mol. The van der Waals surface area contributed by atoms with E-state index >= 15 is 0 Å². The van der Waals surface area contributed by atoms with Gasteiger partial charge >= 0.3 is 0 Å². The molecule has 0 atom stereocenters. The topological polar surface area (TPSA) is 23.8 Å². The summed E-state index contributed by atoms with van der Waals surface area (Å²) >= 11 is 4.31. The van der Waals surface area contributed by atoms with E-state index in [9.17, 15) is 5.26 Å². The summed E-state index contributed by atoms with van der Waals surface area (Å²) in [4.78, 5) is 0. The van der Waals surface area contributed by atoms with Crippen LogP contribution in [0.15, 0.2) is 24.3 Å². The van der Waals surface area contributed by atoms with E-state index in [1.54, 1.807) is 0 Å². The predicted octanol–water partition coefficient (Wildman–Crippen LogP) is 8.33. The summed E-state index contributed by atoms with van der Waals surface area (Å²) in [6.07, 6.45) is 12.2. The van der Waals surface area contributed by atoms with Crippen LogP contribution < -0.4 is 0 Å². The van der Waals surface area contributed by atoms with Gasteiger partial charge < -0.3 is 0 Å². The Hall–Kier alpha value is -0.590. The molecule has 1 aromatic carbocycles. The van der Waals surface area contributed by atoms with E-state index in [0.29, 0.717) is 10.5 Å². The van der Waals surface area contributed by atoms with Gasteiger partial charge in [0.15, 0.2) is 0 Å². The molecular formula is C25H37NS2. The lowest BCUT2D eigenvalue weighted by Gasteiger charge is -2.35. The first-order valence-corrected chi connectivity index (χ1v) is 13.5. The third kappa shape index (κ3) is 5.73. The van der Waals surface area contributed by atoms with Gasteiger partial charge in [0, 0.05) is 0 Å². The average Bonchev–Trinajstić information content (AvgIpc) is 2.77. The first kappa shape index (κ1) is 22.1. The molecule has 28 heavy (non-hydrogen) atoms. The van der Waals surface area contributed by atoms with Crippen LogP contribution in [0, 0.1) is 22.7 Å². The van der Waals surface area contributed by atoms with Crippen LogP contribution in [-0.4, -0.2) is 11.5 Å². The minimum Gasteiger partial charge on any atom is -0.198 e. The van der Waals surface area contributed by atoms with E-state index in [1.165, 1.54) is 67.6 Å². The minimum absolute atomic E-state index is 0.0316. The molecule has 0 unspecified atom stereocenters. The Balaban J connectivity index is 1.51. The molecule has 3 rings (SSSR count). The van der Waals surface area contributed by atoms with Crippen LogP contribution >= 0.6 is 23.5 Å². The zero-order chi connectivity index (χ0) is 19.8. The van der Waals surface area contributed by atoms with E-state index in [0.717, 1.165) is 25.2 Å². The highest BCUT2D eigenvalue weighted by Gasteiger charge is 2.35. The molecule has 3 heteroatoms. The molecule has 1 aromatic rings. The van der Waals surface area contributed by atoms with Crippen molar-refractivity contribution in [3.8, 4) is 6.07 Å². The van der Waals surface area contributed by atoms with Crippen molar-refractivity contribution in [1.29, 1.82) is 5.26 Å². The van der Waals surface area contributed by atoms with Gasteiger partial charge in [0.1, 0.15) is 0 Å². The molecule has 0 radical (unpaired) electrons. The number of nitriles is 1. The number of thioether (sulfide) groups is 2. The second kappa shape index (κ2) is 11.0. The molecule has 0 aromatic heterocycles. The first-order chi connectivity index (χ1) is 13.7. The van der Waals surface area contributed by atoms with Gasteiger partial charge in [0.05, 0.1) is 16.1 Å². The van der Waals surface area contributed by atoms with E-state index in [-0.39, 0.29) is 5.41 Å². The van der Waals surface area contributed by atoms with Crippen LogP contribution in [0.1, 0.15) is 99.7 Å². The van der Waals surface area contributed by atoms with Gasteiger partial charge in [-0.3, -0.25) is 0 Å². The summed E-state index contributed by atoms with van der Waals surface area (Å²) in [7, 11) is 0. The maximum absolute atomic E-state index is 9.72. The molecule has 1 heterocycles. The molecule has 0 bridgehead atoms. The van der Waals surface area contributed by atoms with Crippen LogP contribution in [0.5, 0.6) is 0 Å². The molecule has 1 aliphatic heterocycles. The zero-order valence-corrected chi connectivity index (χ0v) is 19.4. The van der Waals surface area contributed by atoms with Crippen molar-refractivity contribution in [2.45, 2.75) is 88.6 Å². The van der Waals surface area contributed by atoms with Crippen LogP contribution in [0.2, 0.25) is 0 Å². The lowest BCUT2D eigenvalue weighted by atomic mass is 9.67. The van der Waals surface area contributed by atoms with Crippen LogP contribution in [0.4, 0.5) is 0 Å². The molecule has 2 fully saturated rings. The summed E-state index contributed by atoms with van der Waals surface area (Å²) in [5, 5.41) is 9.72. The second-order valence-corrected chi connectivity index (χ2v) is 11.5. The van der Waals surface area contributed by atoms with Crippen LogP contribution in [-0.2, 0) is 0 Å². The fourth-order valence-electron chi connectivity index (χ4n) is 4.76. The second-order valence-electron chi connectivity index (χ2n) is 8.94. The molecule has 0 amide bonds. The van der Waals surface area contributed by atoms with Gasteiger partial charge in [0.2, 0.25) is 0 Å². The summed E-state index contributed by atoms with van der Waals surface area (Å²) in [5.41, 5.74) is 2.96. The molecule has 1 saturated heterocycles. The van der Waals surface area contributed by atoms with E-state index in [2.05, 4.69) is 67.7 Å². The van der Waals surface area contributed by atoms with E-state index in [1.807, 2.05) is 0 Å². The summed E-state index contributed by atoms with van der Waals surface area (Å²) in [5.74, 6) is 4.23. The predicted molar refractivity (Wildman–Crippen MR) is 126 cm³/mol. The summed E-state index contributed by atoms with van der Waals surface area (Å²) in [6.45, 7) is 4.53. The molecule has 1 aliphatic carbocycles. The lowest BCUT2D eigenvalue weighted by molar-refractivity contribution is 0.224. The largest absolute Gasteiger partial charge is 0.198 e. The fourth-order valence-corrected chi connectivity index (χ4v) is 7.92. The molecule has 154 valence electrons. The Labute approximate surface area is 181 Å². The van der Waals surface area contributed by atoms with Gasteiger partial charge in [0.25, 0.3) is 0 Å². The van der Waals surface area contributed by atoms with Crippen LogP contribution in [0.25, 0.3) is 0 Å². The number of nitrogens with zero attached hydrogens (tertiary/aromatic N) is 1. The van der Waals surface area contributed by atoms with Crippen molar-refractivity contribution in [2.75, 3.05) is 11.5 Å². The van der Waals surface area contributed by atoms with E-state index < -0.39 is 0 Å². The molecule has 0 spiro atoms. The Morgan fingerprint density at radius 3 is 2.14 bits per heavy atom. The smallest absolute Gasteiger partial charge is 0.0751 e. The van der Waals surface area contributed by atoms with Crippen molar-refractivity contribution >= 4 is 23.5 Å². The first-order valence-electron chi connectivity index (χ1n) is 11.4. The summed E-state index contributed by atoms with van der Waals surface area (Å²) in [6, 6.07) is 12.2. The lowest BCUT2D eigenvalue weighted by Crippen LogP contribution is -2.25. The Morgan fingerprint density at radius 1 is 0.964 bits per heavy atom. The number of benzene rings is 1. The normalized spacial score (nSPS) is 30.7. The number of unbranched alkanes of at least 4 members (excludes halogenated alkanes) is 2. The highest BCUT2D eigenvalue weighted by Crippen LogP contribution is 2.48. The van der Waals surface area contributed by atoms with Crippen molar-refractivity contribution in [1.82, 2.24) is 0 Å². The van der Waals surface area contributed by atoms with Crippen LogP contribution in [0.3, 0.4) is 0 Å². The van der Waals surface area contributed by atoms with Gasteiger partial charge in [-0.2, -0.15) is 5.26 Å². The SMILES string of the molecule is CCCCC1CSC(c2ccc(C3CCC(C#N)(CCCC)CC3)cc2)SC1. The molecule has 0 N–H and O–H groups in total. The Morgan fingerprint density at radius 2 is 1.57 bits per heavy atom. The highest BCUT2D eigenvalue weighted by atomic mass is 32.2. The monoisotopic (exact) mass is 415 g/mol. The van der Waals surface area contributed by atoms with Crippen molar-refractivity contribution in [3.05, 3.63) is 35.4 Å². The minimum atomic E-state index is -0.0316. The number of hydrogen-bond acceptors (Lipinski definition) is 3. The molecule has 1 saturated carbocycles. The van der Waals surface area contributed by atoms with Crippen molar-refractivity contribution < 1.29 is 0 Å². The third-order valence-electron chi connectivity index (χ3n) is 6.80. The standard InChI is InChI=1S/C25H37NS2/c1-3-5-7-20-17-27-24(28-18-20)23-10-8-21(9-11-23)22-12-15-25(19-26,16-13-22)14-6-4-2/h8-11,20,22,24H,3-7,12-18H2,1-2H3. The maximum atomic E-state index is 9.72. The zero-order valence-electron chi connectivity index (χ0n) is 17.8. The molecule has 2 aliphatic rings. The number of rotatable bonds is 8. The van der Waals surface area contributed by atoms with Crippen molar-refractivity contribution in [3.63, 3.8) is 0 Å². The molecule has 1 nitrogen and oxygen atoms in total. The van der Waals surface area contributed by atoms with Gasteiger partial charge in [-0.15, -0.1) is 23.5 Å². The Kier molecular flexibility index (Phi) is 8.67. The van der Waals surface area contributed by atoms with Gasteiger partial charge in [-0.1, -0.05) is 63.8 Å². The van der Waals surface area contributed by atoms with E-state index in [4.69, 9.17) is 0 Å². The van der Waals surface area contributed by atoms with Gasteiger partial charge in [-0.05, 0) is 73.0 Å². The average molecular weight is 416 g/mol.